The molecule has 26 heavy (non-hydrogen) atoms. The molecule has 1 aromatic rings. The first-order valence-corrected chi connectivity index (χ1v) is 8.66. The normalized spacial score (nSPS) is 19.0. The van der Waals surface area contributed by atoms with Crippen LogP contribution in [0.3, 0.4) is 0 Å². The Labute approximate surface area is 154 Å². The summed E-state index contributed by atoms with van der Waals surface area (Å²) in [5, 5.41) is 18.5. The molecule has 8 nitrogen and oxygen atoms in total. The molecular weight excluding hydrogens is 358 g/mol. The summed E-state index contributed by atoms with van der Waals surface area (Å²) in [7, 11) is 0. The molecule has 138 valence electrons. The summed E-state index contributed by atoms with van der Waals surface area (Å²) in [6, 6.07) is 6.78. The summed E-state index contributed by atoms with van der Waals surface area (Å²) in [6.45, 7) is 5.34. The average molecular weight is 377 g/mol. The fourth-order valence-corrected chi connectivity index (χ4v) is 2.93. The molecule has 1 aliphatic rings. The van der Waals surface area contributed by atoms with Crippen LogP contribution >= 0.6 is 11.8 Å². The number of benzene rings is 1. The molecule has 1 fully saturated rings. The molecule has 0 radical (unpaired) electrons. The van der Waals surface area contributed by atoms with Gasteiger partial charge >= 0.3 is 11.9 Å². The zero-order chi connectivity index (χ0) is 19.3. The summed E-state index contributed by atoms with van der Waals surface area (Å²) in [5.41, 5.74) is 0.242. The second kappa shape index (κ2) is 8.13. The van der Waals surface area contributed by atoms with E-state index in [-0.39, 0.29) is 11.6 Å². The second-order valence-electron chi connectivity index (χ2n) is 6.43. The largest absolute Gasteiger partial charge is 0.481 e. The third-order valence-electron chi connectivity index (χ3n) is 3.06. The first-order chi connectivity index (χ1) is 12.2. The summed E-state index contributed by atoms with van der Waals surface area (Å²) in [4.78, 5) is 34.6. The van der Waals surface area contributed by atoms with Gasteiger partial charge < -0.3 is 15.2 Å². The van der Waals surface area contributed by atoms with Crippen molar-refractivity contribution in [3.8, 4) is 0 Å². The van der Waals surface area contributed by atoms with Crippen molar-refractivity contribution in [2.45, 2.75) is 38.0 Å². The Morgan fingerprint density at radius 3 is 2.69 bits per heavy atom. The number of thioether (sulfide) groups is 1. The fraction of sp³-hybridized carbons (Fsp3) is 0.353. The molecule has 0 spiro atoms. The van der Waals surface area contributed by atoms with Crippen molar-refractivity contribution < 1.29 is 24.2 Å². The summed E-state index contributed by atoms with van der Waals surface area (Å²) >= 11 is 1.00. The van der Waals surface area contributed by atoms with Gasteiger partial charge in [0.1, 0.15) is 10.9 Å². The van der Waals surface area contributed by atoms with Crippen LogP contribution in [-0.2, 0) is 14.3 Å². The van der Waals surface area contributed by atoms with Gasteiger partial charge in [-0.05, 0) is 26.8 Å². The van der Waals surface area contributed by atoms with Crippen LogP contribution in [0.25, 0.3) is 0 Å². The molecule has 1 unspecified atom stereocenters. The van der Waals surface area contributed by atoms with Crippen molar-refractivity contribution in [1.29, 1.82) is 0 Å². The van der Waals surface area contributed by atoms with E-state index in [4.69, 9.17) is 9.84 Å². The number of amidine groups is 1. The topological polar surface area (TPSA) is 117 Å². The Kier molecular flexibility index (Phi) is 6.14. The number of aliphatic carboxylic acids is 1. The lowest BCUT2D eigenvalue weighted by molar-refractivity contribution is -0.138. The minimum atomic E-state index is -1.06. The maximum Gasteiger partial charge on any atom is 0.339 e. The molecule has 1 amide bonds. The number of carbonyl (C=O) groups is 3. The molecule has 1 heterocycles. The monoisotopic (exact) mass is 377 g/mol. The van der Waals surface area contributed by atoms with E-state index in [1.807, 2.05) is 0 Å². The Hall–Kier alpha value is -2.68. The minimum Gasteiger partial charge on any atom is -0.481 e. The van der Waals surface area contributed by atoms with Gasteiger partial charge in [0.15, 0.2) is 5.17 Å². The van der Waals surface area contributed by atoms with E-state index in [1.165, 1.54) is 6.21 Å². The minimum absolute atomic E-state index is 0.215. The SMILES string of the molecule is CC(C)(C)OC(=O)c1ccccc1C=NN=C1NC(=O)C(CC(=O)O)S1. The van der Waals surface area contributed by atoms with Crippen molar-refractivity contribution >= 4 is 41.0 Å². The quantitative estimate of drug-likeness (QED) is 0.461. The molecule has 0 bridgehead atoms. The van der Waals surface area contributed by atoms with Gasteiger partial charge in [0, 0.05) is 5.56 Å². The van der Waals surface area contributed by atoms with Gasteiger partial charge in [-0.25, -0.2) is 4.79 Å². The van der Waals surface area contributed by atoms with E-state index >= 15 is 0 Å². The van der Waals surface area contributed by atoms with Crippen LogP contribution in [0.15, 0.2) is 34.5 Å². The predicted octanol–water partition coefficient (Wildman–Crippen LogP) is 2.04. The van der Waals surface area contributed by atoms with Gasteiger partial charge in [-0.1, -0.05) is 30.0 Å². The summed E-state index contributed by atoms with van der Waals surface area (Å²) < 4.78 is 5.36. The van der Waals surface area contributed by atoms with E-state index in [9.17, 15) is 14.4 Å². The Bertz CT molecular complexity index is 783. The van der Waals surface area contributed by atoms with Crippen molar-refractivity contribution in [3.63, 3.8) is 0 Å². The summed E-state index contributed by atoms with van der Waals surface area (Å²) in [5.74, 6) is -1.95. The van der Waals surface area contributed by atoms with Crippen LogP contribution in [0, 0.1) is 0 Å². The number of nitrogens with one attached hydrogen (secondary N) is 1. The molecule has 0 aromatic heterocycles. The molecule has 2 N–H and O–H groups in total. The number of hydrogen-bond donors (Lipinski definition) is 2. The molecule has 2 rings (SSSR count). The highest BCUT2D eigenvalue weighted by Gasteiger charge is 2.32. The molecule has 1 aliphatic heterocycles. The van der Waals surface area contributed by atoms with Gasteiger partial charge in [-0.15, -0.1) is 5.10 Å². The van der Waals surface area contributed by atoms with Crippen LogP contribution in [-0.4, -0.2) is 45.2 Å². The van der Waals surface area contributed by atoms with Crippen LogP contribution in [0.2, 0.25) is 0 Å². The molecule has 1 aromatic carbocycles. The van der Waals surface area contributed by atoms with Gasteiger partial charge in [-0.2, -0.15) is 5.10 Å². The Morgan fingerprint density at radius 1 is 1.35 bits per heavy atom. The first-order valence-electron chi connectivity index (χ1n) is 7.78. The van der Waals surface area contributed by atoms with Gasteiger partial charge in [-0.3, -0.25) is 9.59 Å². The van der Waals surface area contributed by atoms with Crippen LogP contribution < -0.4 is 5.32 Å². The standard InChI is InChI=1S/C17H19N3O5S/c1-17(2,3)25-15(24)11-7-5-4-6-10(11)9-18-20-16-19-14(23)12(26-16)8-13(21)22/h4-7,9,12H,8H2,1-3H3,(H,21,22)(H,19,20,23). The van der Waals surface area contributed by atoms with Gasteiger partial charge in [0.05, 0.1) is 18.2 Å². The van der Waals surface area contributed by atoms with Crippen molar-refractivity contribution in [3.05, 3.63) is 35.4 Å². The maximum atomic E-state index is 12.3. The van der Waals surface area contributed by atoms with Gasteiger partial charge in [0.2, 0.25) is 5.91 Å². The zero-order valence-electron chi connectivity index (χ0n) is 14.6. The smallest absolute Gasteiger partial charge is 0.339 e. The summed E-state index contributed by atoms with van der Waals surface area (Å²) in [6.07, 6.45) is 1.09. The lowest BCUT2D eigenvalue weighted by Crippen LogP contribution is -2.26. The zero-order valence-corrected chi connectivity index (χ0v) is 15.4. The lowest BCUT2D eigenvalue weighted by atomic mass is 10.1. The third kappa shape index (κ3) is 5.69. The number of carboxylic acid groups (broad SMARTS) is 1. The van der Waals surface area contributed by atoms with Crippen LogP contribution in [0.1, 0.15) is 43.1 Å². The Balaban J connectivity index is 2.11. The number of rotatable bonds is 5. The lowest BCUT2D eigenvalue weighted by Gasteiger charge is -2.20. The highest BCUT2D eigenvalue weighted by Crippen LogP contribution is 2.22. The molecule has 1 atom stereocenters. The van der Waals surface area contributed by atoms with Crippen LogP contribution in [0.4, 0.5) is 0 Å². The molecule has 0 saturated carbocycles. The van der Waals surface area contributed by atoms with E-state index in [1.54, 1.807) is 45.0 Å². The van der Waals surface area contributed by atoms with E-state index in [0.29, 0.717) is 11.1 Å². The highest BCUT2D eigenvalue weighted by atomic mass is 32.2. The van der Waals surface area contributed by atoms with Crippen molar-refractivity contribution in [2.75, 3.05) is 0 Å². The molecule has 0 aliphatic carbocycles. The number of nitrogens with zero attached hydrogens (tertiary/aromatic N) is 2. The second-order valence-corrected chi connectivity index (χ2v) is 7.62. The van der Waals surface area contributed by atoms with E-state index < -0.39 is 28.7 Å². The number of esters is 1. The number of carboxylic acids is 1. The molecular formula is C17H19N3O5S. The number of hydrogen-bond acceptors (Lipinski definition) is 7. The highest BCUT2D eigenvalue weighted by molar-refractivity contribution is 8.15. The number of ether oxygens (including phenoxy) is 1. The van der Waals surface area contributed by atoms with Crippen molar-refractivity contribution in [2.24, 2.45) is 10.2 Å². The van der Waals surface area contributed by atoms with E-state index in [2.05, 4.69) is 15.5 Å². The van der Waals surface area contributed by atoms with E-state index in [0.717, 1.165) is 11.8 Å². The van der Waals surface area contributed by atoms with Gasteiger partial charge in [0.25, 0.3) is 0 Å². The molecule has 1 saturated heterocycles. The first kappa shape index (κ1) is 19.6. The average Bonchev–Trinajstić information content (AvgIpc) is 2.85. The maximum absolute atomic E-state index is 12.3. The van der Waals surface area contributed by atoms with Crippen LogP contribution in [0.5, 0.6) is 0 Å². The Morgan fingerprint density at radius 2 is 2.04 bits per heavy atom. The fourth-order valence-electron chi connectivity index (χ4n) is 2.02. The third-order valence-corrected chi connectivity index (χ3v) is 4.13. The molecule has 9 heteroatoms. The van der Waals surface area contributed by atoms with Crippen molar-refractivity contribution in [1.82, 2.24) is 5.32 Å². The number of amides is 1. The number of carbonyl (C=O) groups excluding carboxylic acids is 2. The predicted molar refractivity (Wildman–Crippen MR) is 98.4 cm³/mol.